The van der Waals surface area contributed by atoms with Gasteiger partial charge in [-0.2, -0.15) is 0 Å². The van der Waals surface area contributed by atoms with E-state index in [-0.39, 0.29) is 37.4 Å². The van der Waals surface area contributed by atoms with Crippen molar-refractivity contribution in [2.75, 3.05) is 27.2 Å². The maximum Gasteiger partial charge on any atom is 0.410 e. The second-order valence-electron chi connectivity index (χ2n) is 21.3. The van der Waals surface area contributed by atoms with Crippen LogP contribution in [-0.4, -0.2) is 129 Å². The van der Waals surface area contributed by atoms with Crippen molar-refractivity contribution in [3.63, 3.8) is 0 Å². The first kappa shape index (κ1) is 55.3. The number of imide groups is 1. The van der Waals surface area contributed by atoms with E-state index in [1.165, 1.54) is 16.8 Å². The molecule has 0 saturated carbocycles. The molecule has 3 rings (SSSR count). The Morgan fingerprint density at radius 1 is 0.791 bits per heavy atom. The Morgan fingerprint density at radius 2 is 1.36 bits per heavy atom. The lowest BCUT2D eigenvalue weighted by atomic mass is 9.76. The average molecular weight is 934 g/mol. The number of rotatable bonds is 18. The van der Waals surface area contributed by atoms with Crippen LogP contribution in [0.1, 0.15) is 115 Å². The van der Waals surface area contributed by atoms with Crippen molar-refractivity contribution in [3.8, 4) is 0 Å². The van der Waals surface area contributed by atoms with E-state index in [4.69, 9.17) is 9.47 Å². The van der Waals surface area contributed by atoms with Crippen LogP contribution in [-0.2, 0) is 55.5 Å². The number of nitrogens with one attached hydrogen (secondary N) is 3. The summed E-state index contributed by atoms with van der Waals surface area (Å²) in [5.41, 5.74) is -1.59. The Morgan fingerprint density at radius 3 is 1.90 bits per heavy atom. The summed E-state index contributed by atoms with van der Waals surface area (Å²) in [6.07, 6.45) is 4.79. The molecule has 1 aromatic heterocycles. The van der Waals surface area contributed by atoms with Crippen molar-refractivity contribution in [1.82, 2.24) is 35.2 Å². The van der Waals surface area contributed by atoms with Gasteiger partial charge in [-0.15, -0.1) is 0 Å². The number of nitrogens with zero attached hydrogens (tertiary/aromatic N) is 4. The highest BCUT2D eigenvalue weighted by atomic mass is 16.6. The lowest BCUT2D eigenvalue weighted by Gasteiger charge is -2.42. The van der Waals surface area contributed by atoms with Crippen molar-refractivity contribution in [2.24, 2.45) is 18.4 Å². The summed E-state index contributed by atoms with van der Waals surface area (Å²) in [5.74, 6) is -4.17. The molecule has 17 nitrogen and oxygen atoms in total. The molecule has 4 atom stereocenters. The first-order chi connectivity index (χ1) is 30.7. The Hall–Kier alpha value is -6.00. The molecular formula is C50H75N7O10. The summed E-state index contributed by atoms with van der Waals surface area (Å²) in [7, 11) is 5.02. The van der Waals surface area contributed by atoms with Crippen LogP contribution in [0.5, 0.6) is 0 Å². The second kappa shape index (κ2) is 21.7. The number of aryl methyl sites for hydroxylation is 1. The minimum Gasteiger partial charge on any atom is -0.460 e. The highest BCUT2D eigenvalue weighted by molar-refractivity contribution is 6.13. The smallest absolute Gasteiger partial charge is 0.410 e. The van der Waals surface area contributed by atoms with Crippen LogP contribution < -0.4 is 16.0 Å². The third-order valence-corrected chi connectivity index (χ3v) is 11.5. The molecule has 67 heavy (non-hydrogen) atoms. The van der Waals surface area contributed by atoms with Gasteiger partial charge in [-0.3, -0.25) is 43.4 Å². The first-order valence-corrected chi connectivity index (χ1v) is 22.8. The van der Waals surface area contributed by atoms with Crippen molar-refractivity contribution >= 4 is 58.4 Å². The maximum atomic E-state index is 15.0. The molecule has 1 aliphatic rings. The SMILES string of the molecule is C/C(=C\[C@H](C(C)C)N(C)C(=O)[C@@H](NC(=O)[C@@H](N(C)C(=O)OC(C)(C)C)C(C)(C)c1cn(C)c2ccccc12)C(C)(C)C)C(=O)N[C@@H](CCC(=O)OC(C)(C)C)C(=O)NCCN1C(=O)C=CC1=O. The Labute approximate surface area is 396 Å². The third kappa shape index (κ3) is 14.7. The van der Waals surface area contributed by atoms with Gasteiger partial charge >= 0.3 is 12.1 Å². The van der Waals surface area contributed by atoms with Gasteiger partial charge < -0.3 is 34.9 Å². The minimum absolute atomic E-state index is 0.0991. The van der Waals surface area contributed by atoms with Gasteiger partial charge in [0.05, 0.1) is 6.04 Å². The molecule has 0 fully saturated rings. The summed E-state index contributed by atoms with van der Waals surface area (Å²) in [5, 5.41) is 9.30. The normalized spacial score (nSPS) is 15.5. The highest BCUT2D eigenvalue weighted by Crippen LogP contribution is 2.37. The fourth-order valence-corrected chi connectivity index (χ4v) is 7.99. The molecule has 17 heteroatoms. The molecular weight excluding hydrogens is 859 g/mol. The van der Waals surface area contributed by atoms with Crippen LogP contribution in [0.2, 0.25) is 0 Å². The van der Waals surface area contributed by atoms with Crippen molar-refractivity contribution in [2.45, 2.75) is 151 Å². The van der Waals surface area contributed by atoms with E-state index in [1.54, 1.807) is 61.6 Å². The molecule has 0 saturated heterocycles. The van der Waals surface area contributed by atoms with Crippen LogP contribution in [0, 0.1) is 11.3 Å². The molecule has 0 aliphatic carbocycles. The number of carbonyl (C=O) groups excluding carboxylic acids is 8. The zero-order valence-corrected chi connectivity index (χ0v) is 42.7. The number of benzene rings is 1. The van der Waals surface area contributed by atoms with E-state index in [0.29, 0.717) is 0 Å². The molecule has 0 unspecified atom stereocenters. The zero-order valence-electron chi connectivity index (χ0n) is 42.7. The van der Waals surface area contributed by atoms with Gasteiger partial charge in [0.25, 0.3) is 11.8 Å². The number of esters is 1. The minimum atomic E-state index is -1.21. The zero-order chi connectivity index (χ0) is 51.1. The van der Waals surface area contributed by atoms with Crippen molar-refractivity contribution in [3.05, 3.63) is 59.8 Å². The van der Waals surface area contributed by atoms with E-state index in [2.05, 4.69) is 16.0 Å². The number of hydrogen-bond acceptors (Lipinski definition) is 10. The Bertz CT molecular complexity index is 2230. The summed E-state index contributed by atoms with van der Waals surface area (Å²) in [6, 6.07) is 3.60. The molecule has 0 spiro atoms. The average Bonchev–Trinajstić information content (AvgIpc) is 3.71. The van der Waals surface area contributed by atoms with E-state index >= 15 is 0 Å². The number of hydrogen-bond donors (Lipinski definition) is 3. The molecule has 2 heterocycles. The first-order valence-electron chi connectivity index (χ1n) is 22.8. The Balaban J connectivity index is 1.95. The van der Waals surface area contributed by atoms with Gasteiger partial charge in [0.1, 0.15) is 29.3 Å². The number of carbonyl (C=O) groups is 8. The van der Waals surface area contributed by atoms with E-state index in [9.17, 15) is 38.4 Å². The lowest BCUT2D eigenvalue weighted by Crippen LogP contribution is -2.63. The molecule has 0 radical (unpaired) electrons. The predicted molar refractivity (Wildman–Crippen MR) is 256 cm³/mol. The number of para-hydroxylation sites is 1. The second-order valence-corrected chi connectivity index (χ2v) is 21.3. The Kier molecular flexibility index (Phi) is 18.0. The summed E-state index contributed by atoms with van der Waals surface area (Å²) >= 11 is 0. The molecule has 370 valence electrons. The maximum absolute atomic E-state index is 15.0. The van der Waals surface area contributed by atoms with Gasteiger partial charge in [0.2, 0.25) is 23.6 Å². The van der Waals surface area contributed by atoms with Gasteiger partial charge in [-0.05, 0) is 77.8 Å². The van der Waals surface area contributed by atoms with Gasteiger partial charge in [0, 0.05) is 80.9 Å². The van der Waals surface area contributed by atoms with Crippen molar-refractivity contribution in [1.29, 1.82) is 0 Å². The molecule has 2 aromatic rings. The standard InChI is InChI=1S/C50H75N7O10/c1-30(2)36(28-31(3)42(61)52-34(22-25-39(60)66-48(7,8)9)43(62)51-26-27-57-37(58)23-24-38(57)59)55(16)45(64)40(47(4,5)6)53-44(63)41(56(17)46(65)67-49(10,11)12)50(13,14)33-29-54(15)35-21-19-18-20-32(33)35/h18-21,23-24,28-30,34,36,40-41H,22,25-27H2,1-17H3,(H,51,62)(H,52,61)(H,53,63)/b31-28+/t34-,36+,40+,41+/m0/s1. The number of fused-ring (bicyclic) bond motifs is 1. The van der Waals surface area contributed by atoms with Crippen LogP contribution in [0.3, 0.4) is 0 Å². The molecule has 1 aromatic carbocycles. The lowest BCUT2D eigenvalue weighted by molar-refractivity contribution is -0.155. The predicted octanol–water partition coefficient (Wildman–Crippen LogP) is 5.30. The monoisotopic (exact) mass is 934 g/mol. The largest absolute Gasteiger partial charge is 0.460 e. The fourth-order valence-electron chi connectivity index (χ4n) is 7.99. The summed E-state index contributed by atoms with van der Waals surface area (Å²) < 4.78 is 13.2. The van der Waals surface area contributed by atoms with E-state index in [0.717, 1.165) is 33.5 Å². The van der Waals surface area contributed by atoms with Crippen LogP contribution in [0.25, 0.3) is 10.9 Å². The number of ether oxygens (including phenoxy) is 2. The van der Waals surface area contributed by atoms with Gasteiger partial charge in [-0.1, -0.05) is 72.7 Å². The number of aromatic nitrogens is 1. The third-order valence-electron chi connectivity index (χ3n) is 11.5. The summed E-state index contributed by atoms with van der Waals surface area (Å²) in [6.45, 7) is 24.7. The molecule has 0 bridgehead atoms. The summed E-state index contributed by atoms with van der Waals surface area (Å²) in [4.78, 5) is 111. The van der Waals surface area contributed by atoms with Crippen molar-refractivity contribution < 1.29 is 47.8 Å². The molecule has 7 amide bonds. The number of amides is 7. The van der Waals surface area contributed by atoms with Gasteiger partial charge in [0.15, 0.2) is 0 Å². The van der Waals surface area contributed by atoms with Crippen LogP contribution >= 0.6 is 0 Å². The highest BCUT2D eigenvalue weighted by Gasteiger charge is 2.47. The van der Waals surface area contributed by atoms with E-state index < -0.39 is 93.7 Å². The van der Waals surface area contributed by atoms with Crippen LogP contribution in [0.4, 0.5) is 4.79 Å². The molecule has 3 N–H and O–H groups in total. The quantitative estimate of drug-likeness (QED) is 0.1000. The topological polar surface area (TPSA) is 206 Å². The van der Waals surface area contributed by atoms with E-state index in [1.807, 2.05) is 90.5 Å². The fraction of sp³-hybridized carbons (Fsp3) is 0.600. The van der Waals surface area contributed by atoms with Gasteiger partial charge in [-0.25, -0.2) is 4.79 Å². The van der Waals surface area contributed by atoms with Crippen LogP contribution in [0.15, 0.2) is 54.3 Å². The number of likely N-dealkylation sites (N-methyl/N-ethyl adjacent to an activating group) is 2. The molecule has 1 aliphatic heterocycles.